The SMILES string of the molecule is Cn1c(-c2cn(C3CC3(F)F)nc2C(F)(F)F)cnc1C(=O)CNc1ccc(C(=O)CNCC2CC3CN(C(N)=O)CC3C2)c(Cl)c1. The average Bonchev–Trinajstić information content (AvgIpc) is 3.51. The van der Waals surface area contributed by atoms with Crippen molar-refractivity contribution in [3.8, 4) is 11.3 Å². The van der Waals surface area contributed by atoms with Crippen molar-refractivity contribution in [2.75, 3.05) is 38.0 Å². The van der Waals surface area contributed by atoms with Crippen LogP contribution in [0.2, 0.25) is 5.02 Å². The summed E-state index contributed by atoms with van der Waals surface area (Å²) in [6, 6.07) is 2.76. The van der Waals surface area contributed by atoms with Crippen molar-refractivity contribution in [1.29, 1.82) is 0 Å². The van der Waals surface area contributed by atoms with Gasteiger partial charge in [0.15, 0.2) is 17.3 Å². The van der Waals surface area contributed by atoms with Crippen LogP contribution in [0.25, 0.3) is 11.3 Å². The van der Waals surface area contributed by atoms with Crippen LogP contribution >= 0.6 is 11.6 Å². The van der Waals surface area contributed by atoms with Gasteiger partial charge in [-0.3, -0.25) is 14.3 Å². The number of carbonyl (C=O) groups is 3. The number of nitrogens with zero attached hydrogens (tertiary/aromatic N) is 5. The molecule has 1 aliphatic heterocycles. The molecule has 0 spiro atoms. The van der Waals surface area contributed by atoms with Crippen molar-refractivity contribution in [3.05, 3.63) is 52.7 Å². The molecule has 2 aromatic heterocycles. The van der Waals surface area contributed by atoms with Crippen LogP contribution in [0.1, 0.15) is 52.0 Å². The highest BCUT2D eigenvalue weighted by atomic mass is 35.5. The van der Waals surface area contributed by atoms with Gasteiger partial charge in [0.25, 0.3) is 5.92 Å². The predicted molar refractivity (Wildman–Crippen MR) is 160 cm³/mol. The number of hydrogen-bond donors (Lipinski definition) is 3. The fourth-order valence-electron chi connectivity index (χ4n) is 6.72. The van der Waals surface area contributed by atoms with E-state index in [2.05, 4.69) is 20.7 Å². The lowest BCUT2D eigenvalue weighted by Gasteiger charge is -2.17. The summed E-state index contributed by atoms with van der Waals surface area (Å²) < 4.78 is 70.0. The molecule has 2 saturated carbocycles. The smallest absolute Gasteiger partial charge is 0.377 e. The third kappa shape index (κ3) is 6.70. The first-order chi connectivity index (χ1) is 22.1. The number of anilines is 1. The molecule has 0 radical (unpaired) electrons. The molecule has 3 aromatic rings. The Morgan fingerprint density at radius 2 is 1.79 bits per heavy atom. The number of amides is 2. The Hall–Kier alpha value is -4.05. The van der Waals surface area contributed by atoms with Crippen LogP contribution in [0, 0.1) is 17.8 Å². The lowest BCUT2D eigenvalue weighted by Crippen LogP contribution is -2.35. The molecule has 3 heterocycles. The number of nitrogens with one attached hydrogen (secondary N) is 2. The van der Waals surface area contributed by atoms with Gasteiger partial charge in [0, 0.05) is 44.0 Å². The van der Waals surface area contributed by atoms with Crippen LogP contribution in [0.15, 0.2) is 30.6 Å². The van der Waals surface area contributed by atoms with Crippen molar-refractivity contribution in [2.45, 2.75) is 37.4 Å². The Balaban J connectivity index is 1.02. The summed E-state index contributed by atoms with van der Waals surface area (Å²) >= 11 is 6.38. The molecule has 2 aliphatic carbocycles. The lowest BCUT2D eigenvalue weighted by atomic mass is 10.0. The first-order valence-corrected chi connectivity index (χ1v) is 15.4. The minimum atomic E-state index is -4.92. The first kappa shape index (κ1) is 32.9. The number of nitrogens with two attached hydrogens (primary N) is 1. The third-order valence-electron chi connectivity index (χ3n) is 9.23. The maximum atomic E-state index is 13.7. The van der Waals surface area contributed by atoms with Gasteiger partial charge < -0.3 is 25.8 Å². The first-order valence-electron chi connectivity index (χ1n) is 15.0. The molecule has 47 heavy (non-hydrogen) atoms. The summed E-state index contributed by atoms with van der Waals surface area (Å²) in [7, 11) is 1.35. The van der Waals surface area contributed by atoms with E-state index in [0.717, 1.165) is 29.8 Å². The van der Waals surface area contributed by atoms with Crippen molar-refractivity contribution in [2.24, 2.45) is 30.5 Å². The van der Waals surface area contributed by atoms with Gasteiger partial charge in [0.2, 0.25) is 5.78 Å². The zero-order valence-corrected chi connectivity index (χ0v) is 25.9. The van der Waals surface area contributed by atoms with E-state index in [1.54, 1.807) is 11.0 Å². The number of ketones is 2. The largest absolute Gasteiger partial charge is 0.435 e. The average molecular weight is 683 g/mol. The predicted octanol–water partition coefficient (Wildman–Crippen LogP) is 4.64. The molecule has 3 atom stereocenters. The minimum Gasteiger partial charge on any atom is -0.377 e. The number of halogens is 6. The molecular weight excluding hydrogens is 651 g/mol. The molecule has 11 nitrogen and oxygen atoms in total. The van der Waals surface area contributed by atoms with Crippen LogP contribution < -0.4 is 16.4 Å². The van der Waals surface area contributed by atoms with Crippen LogP contribution in [0.3, 0.4) is 0 Å². The Kier molecular flexibility index (Phi) is 8.53. The maximum absolute atomic E-state index is 13.7. The van der Waals surface area contributed by atoms with Crippen LogP contribution in [-0.2, 0) is 13.2 Å². The number of benzene rings is 1. The highest BCUT2D eigenvalue weighted by Crippen LogP contribution is 2.53. The molecule has 3 aliphatic rings. The van der Waals surface area contributed by atoms with E-state index in [-0.39, 0.29) is 41.4 Å². The summed E-state index contributed by atoms with van der Waals surface area (Å²) in [6.45, 7) is 1.82. The van der Waals surface area contributed by atoms with Gasteiger partial charge in [-0.2, -0.15) is 18.3 Å². The normalized spacial score (nSPS) is 23.2. The maximum Gasteiger partial charge on any atom is 0.435 e. The Labute approximate surface area is 270 Å². The summed E-state index contributed by atoms with van der Waals surface area (Å²) in [5.74, 6) is -2.79. The molecule has 6 rings (SSSR count). The van der Waals surface area contributed by atoms with Crippen molar-refractivity contribution in [3.63, 3.8) is 0 Å². The van der Waals surface area contributed by atoms with Gasteiger partial charge in [-0.05, 0) is 55.3 Å². The van der Waals surface area contributed by atoms with Crippen molar-refractivity contribution in [1.82, 2.24) is 29.5 Å². The number of rotatable bonds is 11. The van der Waals surface area contributed by atoms with E-state index in [0.29, 0.717) is 53.3 Å². The molecular formula is C30H32ClF5N8O3. The van der Waals surface area contributed by atoms with Crippen molar-refractivity contribution >= 4 is 34.9 Å². The number of primary amides is 1. The molecule has 17 heteroatoms. The Bertz CT molecular complexity index is 1710. The molecule has 3 unspecified atom stereocenters. The monoisotopic (exact) mass is 682 g/mol. The van der Waals surface area contributed by atoms with Gasteiger partial charge in [-0.1, -0.05) is 11.6 Å². The number of imidazole rings is 1. The number of alkyl halides is 5. The Morgan fingerprint density at radius 1 is 1.11 bits per heavy atom. The second kappa shape index (κ2) is 12.2. The van der Waals surface area contributed by atoms with Gasteiger partial charge in [-0.25, -0.2) is 18.6 Å². The van der Waals surface area contributed by atoms with Gasteiger partial charge in [-0.15, -0.1) is 0 Å². The number of fused-ring (bicyclic) bond motifs is 1. The fraction of sp³-hybridized carbons (Fsp3) is 0.500. The van der Waals surface area contributed by atoms with E-state index in [1.807, 2.05) is 0 Å². The van der Waals surface area contributed by atoms with E-state index < -0.39 is 41.6 Å². The number of Topliss-reactive ketones (excluding diaryl/α,β-unsaturated/α-hetero) is 2. The molecule has 252 valence electrons. The highest BCUT2D eigenvalue weighted by Gasteiger charge is 2.59. The summed E-state index contributed by atoms with van der Waals surface area (Å²) in [6.07, 6.45) is -1.62. The van der Waals surface area contributed by atoms with Crippen LogP contribution in [0.4, 0.5) is 32.4 Å². The van der Waals surface area contributed by atoms with E-state index >= 15 is 0 Å². The molecule has 4 N–H and O–H groups in total. The molecule has 0 bridgehead atoms. The molecule has 2 amide bonds. The topological polar surface area (TPSA) is 140 Å². The number of aromatic nitrogens is 4. The van der Waals surface area contributed by atoms with Crippen LogP contribution in [0.5, 0.6) is 0 Å². The second-order valence-corrected chi connectivity index (χ2v) is 12.9. The second-order valence-electron chi connectivity index (χ2n) is 12.5. The highest BCUT2D eigenvalue weighted by molar-refractivity contribution is 6.34. The molecule has 3 fully saturated rings. The number of hydrogen-bond acceptors (Lipinski definition) is 7. The zero-order chi connectivity index (χ0) is 33.8. The number of likely N-dealkylation sites (tertiary alicyclic amines) is 1. The van der Waals surface area contributed by atoms with Crippen molar-refractivity contribution < 1.29 is 36.3 Å². The van der Waals surface area contributed by atoms with E-state index in [4.69, 9.17) is 17.3 Å². The van der Waals surface area contributed by atoms with Crippen LogP contribution in [-0.4, -0.2) is 80.5 Å². The Morgan fingerprint density at radius 3 is 2.38 bits per heavy atom. The zero-order valence-electron chi connectivity index (χ0n) is 25.2. The standard InChI is InChI=1S/C30H32ClF5N8O3/c1-42-22(20-14-44(25-7-29(25,32)33)41-26(20)30(34,35)36)9-40-27(42)24(46)11-39-18-2-3-19(21(31)6-18)23(45)10-38-8-15-4-16-12-43(28(37)47)13-17(16)5-15/h2-3,6,9,14-17,25,38-39H,4-5,7-8,10-13H2,1H3,(H2,37,47). The van der Waals surface area contributed by atoms with Gasteiger partial charge >= 0.3 is 12.2 Å². The number of carbonyl (C=O) groups excluding carboxylic acids is 3. The quantitative estimate of drug-likeness (QED) is 0.198. The molecule has 1 saturated heterocycles. The summed E-state index contributed by atoms with van der Waals surface area (Å²) in [4.78, 5) is 42.9. The summed E-state index contributed by atoms with van der Waals surface area (Å²) in [5, 5.41) is 9.65. The van der Waals surface area contributed by atoms with E-state index in [9.17, 15) is 36.3 Å². The van der Waals surface area contributed by atoms with Gasteiger partial charge in [0.1, 0.15) is 6.04 Å². The third-order valence-corrected chi connectivity index (χ3v) is 9.54. The lowest BCUT2D eigenvalue weighted by molar-refractivity contribution is -0.141. The van der Waals surface area contributed by atoms with Gasteiger partial charge in [0.05, 0.1) is 35.6 Å². The summed E-state index contributed by atoms with van der Waals surface area (Å²) in [5.41, 5.74) is 4.19. The fourth-order valence-corrected chi connectivity index (χ4v) is 7.01. The molecule has 1 aromatic carbocycles. The van der Waals surface area contributed by atoms with E-state index in [1.165, 1.54) is 19.2 Å². The number of urea groups is 1. The minimum absolute atomic E-state index is 0.0871.